The Balaban J connectivity index is 1.81. The topological polar surface area (TPSA) is 12.4 Å². The van der Waals surface area contributed by atoms with Crippen LogP contribution in [0.15, 0.2) is 89.9 Å². The van der Waals surface area contributed by atoms with Crippen molar-refractivity contribution in [3.05, 3.63) is 102 Å². The normalized spacial score (nSPS) is 17.0. The van der Waals surface area contributed by atoms with Crippen LogP contribution in [0.5, 0.6) is 0 Å². The van der Waals surface area contributed by atoms with Crippen LogP contribution in [-0.2, 0) is 6.42 Å². The predicted molar refractivity (Wildman–Crippen MR) is 96.6 cm³/mol. The number of hydrogen-bond donors (Lipinski definition) is 0. The molecule has 0 spiro atoms. The second-order valence-electron chi connectivity index (χ2n) is 6.07. The van der Waals surface area contributed by atoms with Crippen LogP contribution in [-0.4, -0.2) is 5.71 Å². The third kappa shape index (κ3) is 2.95. The first-order valence-corrected chi connectivity index (χ1v) is 8.16. The number of hydrogen-bond acceptors (Lipinski definition) is 1. The maximum absolute atomic E-state index is 5.00. The van der Waals surface area contributed by atoms with Gasteiger partial charge in [0, 0.05) is 5.71 Å². The molecule has 1 nitrogen and oxygen atoms in total. The van der Waals surface area contributed by atoms with Gasteiger partial charge in [0.1, 0.15) is 0 Å². The van der Waals surface area contributed by atoms with Crippen molar-refractivity contribution in [2.75, 3.05) is 0 Å². The van der Waals surface area contributed by atoms with Gasteiger partial charge in [0.2, 0.25) is 0 Å². The summed E-state index contributed by atoms with van der Waals surface area (Å²) in [6, 6.07) is 29.9. The fraction of sp³-hybridized carbons (Fsp3) is 0.136. The summed E-state index contributed by atoms with van der Waals surface area (Å²) in [6.07, 6.45) is 2.02. The minimum atomic E-state index is 0.471. The summed E-state index contributed by atoms with van der Waals surface area (Å²) in [7, 11) is 0. The number of para-hydroxylation sites is 1. The molecule has 0 aliphatic carbocycles. The lowest BCUT2D eigenvalue weighted by molar-refractivity contribution is 0.721. The summed E-state index contributed by atoms with van der Waals surface area (Å²) in [4.78, 5) is 5.00. The molecular formula is C22H19N. The van der Waals surface area contributed by atoms with Gasteiger partial charge in [-0.1, -0.05) is 78.9 Å². The Morgan fingerprint density at radius 3 is 2.09 bits per heavy atom. The summed E-state index contributed by atoms with van der Waals surface area (Å²) in [5, 5.41) is 0. The second-order valence-corrected chi connectivity index (χ2v) is 6.07. The van der Waals surface area contributed by atoms with Crippen molar-refractivity contribution in [1.29, 1.82) is 0 Å². The van der Waals surface area contributed by atoms with Crippen LogP contribution in [0, 0.1) is 0 Å². The fourth-order valence-corrected chi connectivity index (χ4v) is 3.33. The van der Waals surface area contributed by atoms with Gasteiger partial charge in [-0.3, -0.25) is 4.99 Å². The zero-order valence-corrected chi connectivity index (χ0v) is 13.0. The molecule has 1 heterocycles. The van der Waals surface area contributed by atoms with Crippen LogP contribution < -0.4 is 0 Å². The van der Waals surface area contributed by atoms with E-state index in [0.717, 1.165) is 18.5 Å². The zero-order chi connectivity index (χ0) is 15.5. The van der Waals surface area contributed by atoms with Gasteiger partial charge in [-0.25, -0.2) is 0 Å². The Kier molecular flexibility index (Phi) is 3.77. The van der Waals surface area contributed by atoms with E-state index in [4.69, 9.17) is 4.99 Å². The van der Waals surface area contributed by atoms with E-state index in [1.54, 1.807) is 0 Å². The quantitative estimate of drug-likeness (QED) is 0.589. The van der Waals surface area contributed by atoms with E-state index in [2.05, 4.69) is 84.9 Å². The van der Waals surface area contributed by atoms with Gasteiger partial charge in [-0.05, 0) is 41.5 Å². The van der Waals surface area contributed by atoms with E-state index < -0.39 is 0 Å². The molecule has 4 rings (SSSR count). The van der Waals surface area contributed by atoms with Gasteiger partial charge < -0.3 is 0 Å². The molecule has 3 aromatic carbocycles. The average Bonchev–Trinajstić information content (AvgIpc) is 2.83. The number of rotatable bonds is 2. The maximum Gasteiger partial charge on any atom is 0.0665 e. The summed E-state index contributed by atoms with van der Waals surface area (Å²) in [5.74, 6) is 0.471. The summed E-state index contributed by atoms with van der Waals surface area (Å²) < 4.78 is 0. The van der Waals surface area contributed by atoms with Crippen LogP contribution >= 0.6 is 0 Å². The predicted octanol–water partition coefficient (Wildman–Crippen LogP) is 5.54. The molecule has 0 saturated heterocycles. The largest absolute Gasteiger partial charge is 0.253 e. The summed E-state index contributed by atoms with van der Waals surface area (Å²) >= 11 is 0. The summed E-state index contributed by atoms with van der Waals surface area (Å²) in [5.41, 5.74) is 6.26. The van der Waals surface area contributed by atoms with E-state index >= 15 is 0 Å². The lowest BCUT2D eigenvalue weighted by Gasteiger charge is -2.16. The van der Waals surface area contributed by atoms with Crippen LogP contribution in [0.25, 0.3) is 0 Å². The second kappa shape index (κ2) is 6.21. The van der Waals surface area contributed by atoms with Gasteiger partial charge in [0.05, 0.1) is 5.69 Å². The molecule has 112 valence electrons. The molecular weight excluding hydrogens is 278 g/mol. The van der Waals surface area contributed by atoms with E-state index in [1.165, 1.54) is 22.4 Å². The Hall–Kier alpha value is -2.67. The molecule has 0 amide bonds. The standard InChI is InChI=1S/C22H19N/c1-3-9-17(10-4-1)20-15-19-13-7-8-14-21(19)23-22(16-20)18-11-5-2-6-12-18/h1-14,20H,15-16H2. The monoisotopic (exact) mass is 297 g/mol. The van der Waals surface area contributed by atoms with Gasteiger partial charge in [0.25, 0.3) is 0 Å². The maximum atomic E-state index is 5.00. The molecule has 0 saturated carbocycles. The van der Waals surface area contributed by atoms with E-state index in [1.807, 2.05) is 0 Å². The van der Waals surface area contributed by atoms with Gasteiger partial charge >= 0.3 is 0 Å². The first kappa shape index (κ1) is 14.0. The Bertz CT molecular complexity index is 819. The highest BCUT2D eigenvalue weighted by Crippen LogP contribution is 2.34. The fourth-order valence-electron chi connectivity index (χ4n) is 3.33. The van der Waals surface area contributed by atoms with Crippen LogP contribution in [0.1, 0.15) is 29.0 Å². The highest BCUT2D eigenvalue weighted by Gasteiger charge is 2.21. The molecule has 0 bridgehead atoms. The first-order chi connectivity index (χ1) is 11.4. The minimum absolute atomic E-state index is 0.471. The molecule has 3 aromatic rings. The molecule has 0 N–H and O–H groups in total. The number of aliphatic imine (C=N–C) groups is 1. The average molecular weight is 297 g/mol. The highest BCUT2D eigenvalue weighted by molar-refractivity contribution is 6.03. The molecule has 1 atom stereocenters. The Morgan fingerprint density at radius 2 is 1.30 bits per heavy atom. The lowest BCUT2D eigenvalue weighted by Crippen LogP contribution is -2.09. The van der Waals surface area contributed by atoms with Gasteiger partial charge in [0.15, 0.2) is 0 Å². The number of nitrogens with zero attached hydrogens (tertiary/aromatic N) is 1. The third-order valence-corrected chi connectivity index (χ3v) is 4.53. The van der Waals surface area contributed by atoms with Crippen LogP contribution in [0.4, 0.5) is 5.69 Å². The molecule has 1 aliphatic rings. The Labute approximate surface area is 137 Å². The lowest BCUT2D eigenvalue weighted by atomic mass is 9.87. The van der Waals surface area contributed by atoms with Crippen molar-refractivity contribution < 1.29 is 0 Å². The van der Waals surface area contributed by atoms with E-state index in [9.17, 15) is 0 Å². The van der Waals surface area contributed by atoms with Crippen molar-refractivity contribution in [3.8, 4) is 0 Å². The van der Waals surface area contributed by atoms with Gasteiger partial charge in [-0.2, -0.15) is 0 Å². The molecule has 23 heavy (non-hydrogen) atoms. The van der Waals surface area contributed by atoms with Crippen molar-refractivity contribution >= 4 is 11.4 Å². The molecule has 1 unspecified atom stereocenters. The van der Waals surface area contributed by atoms with Crippen molar-refractivity contribution in [3.63, 3.8) is 0 Å². The van der Waals surface area contributed by atoms with Crippen molar-refractivity contribution in [1.82, 2.24) is 0 Å². The SMILES string of the molecule is c1ccc(C2=Nc3ccccc3CC(c3ccccc3)C2)cc1. The van der Waals surface area contributed by atoms with Crippen molar-refractivity contribution in [2.45, 2.75) is 18.8 Å². The third-order valence-electron chi connectivity index (χ3n) is 4.53. The minimum Gasteiger partial charge on any atom is -0.253 e. The zero-order valence-electron chi connectivity index (χ0n) is 13.0. The van der Waals surface area contributed by atoms with Crippen LogP contribution in [0.2, 0.25) is 0 Å². The Morgan fingerprint density at radius 1 is 0.652 bits per heavy atom. The molecule has 0 radical (unpaired) electrons. The van der Waals surface area contributed by atoms with E-state index in [0.29, 0.717) is 5.92 Å². The summed E-state index contributed by atoms with van der Waals surface area (Å²) in [6.45, 7) is 0. The highest BCUT2D eigenvalue weighted by atomic mass is 14.8. The van der Waals surface area contributed by atoms with Crippen molar-refractivity contribution in [2.24, 2.45) is 4.99 Å². The van der Waals surface area contributed by atoms with Crippen LogP contribution in [0.3, 0.4) is 0 Å². The molecule has 1 aliphatic heterocycles. The van der Waals surface area contributed by atoms with E-state index in [-0.39, 0.29) is 0 Å². The number of benzene rings is 3. The van der Waals surface area contributed by atoms with Gasteiger partial charge in [-0.15, -0.1) is 0 Å². The molecule has 0 aromatic heterocycles. The molecule has 0 fully saturated rings. The number of fused-ring (bicyclic) bond motifs is 1. The smallest absolute Gasteiger partial charge is 0.0665 e. The molecule has 1 heteroatoms. The first-order valence-electron chi connectivity index (χ1n) is 8.16.